The number of benzene rings is 2. The normalized spacial score (nSPS) is 14.7. The predicted octanol–water partition coefficient (Wildman–Crippen LogP) is 4.67. The van der Waals surface area contributed by atoms with Crippen molar-refractivity contribution in [2.75, 3.05) is 18.4 Å². The standard InChI is InChI=1S/C21H23BrN4O/c1-2-26-19-9-8-17(23-21(27)15-6-5-7-16(22)12-15)13-18(19)24-20(26)14-25-10-3-4-11-25/h5-9,12-13H,2-4,10-11,14H2,1H3,(H,23,27). The average Bonchev–Trinajstić information content (AvgIpc) is 3.28. The molecule has 1 amide bonds. The molecule has 5 nitrogen and oxygen atoms in total. The lowest BCUT2D eigenvalue weighted by Gasteiger charge is -2.14. The molecular formula is C21H23BrN4O. The molecule has 0 spiro atoms. The van der Waals surface area contributed by atoms with Crippen LogP contribution in [0.25, 0.3) is 11.0 Å². The lowest BCUT2D eigenvalue weighted by Crippen LogP contribution is -2.21. The van der Waals surface area contributed by atoms with E-state index in [2.05, 4.69) is 43.7 Å². The molecule has 0 bridgehead atoms. The van der Waals surface area contributed by atoms with Crippen molar-refractivity contribution >= 4 is 38.6 Å². The summed E-state index contributed by atoms with van der Waals surface area (Å²) in [7, 11) is 0. The molecule has 1 aliphatic heterocycles. The number of nitrogens with one attached hydrogen (secondary N) is 1. The molecule has 1 fully saturated rings. The van der Waals surface area contributed by atoms with Gasteiger partial charge in [0, 0.05) is 22.3 Å². The fourth-order valence-corrected chi connectivity index (χ4v) is 4.10. The van der Waals surface area contributed by atoms with E-state index < -0.39 is 0 Å². The first kappa shape index (κ1) is 18.2. The minimum absolute atomic E-state index is 0.122. The Morgan fingerprint density at radius 1 is 1.19 bits per heavy atom. The fourth-order valence-electron chi connectivity index (χ4n) is 3.70. The summed E-state index contributed by atoms with van der Waals surface area (Å²) in [6.45, 7) is 6.24. The van der Waals surface area contributed by atoms with Gasteiger partial charge in [0.1, 0.15) is 5.82 Å². The summed E-state index contributed by atoms with van der Waals surface area (Å²) in [6.07, 6.45) is 2.55. The highest BCUT2D eigenvalue weighted by atomic mass is 79.9. The number of anilines is 1. The highest BCUT2D eigenvalue weighted by molar-refractivity contribution is 9.10. The van der Waals surface area contributed by atoms with Crippen molar-refractivity contribution in [1.82, 2.24) is 14.5 Å². The summed E-state index contributed by atoms with van der Waals surface area (Å²) in [5, 5.41) is 2.98. The van der Waals surface area contributed by atoms with E-state index in [-0.39, 0.29) is 5.91 Å². The van der Waals surface area contributed by atoms with Crippen LogP contribution >= 0.6 is 15.9 Å². The number of nitrogens with zero attached hydrogens (tertiary/aromatic N) is 3. The summed E-state index contributed by atoms with van der Waals surface area (Å²) in [6, 6.07) is 13.3. The molecule has 0 radical (unpaired) electrons. The van der Waals surface area contributed by atoms with Gasteiger partial charge in [-0.1, -0.05) is 22.0 Å². The monoisotopic (exact) mass is 426 g/mol. The molecule has 2 aromatic carbocycles. The van der Waals surface area contributed by atoms with Crippen molar-refractivity contribution in [1.29, 1.82) is 0 Å². The molecule has 6 heteroatoms. The summed E-state index contributed by atoms with van der Waals surface area (Å²) in [4.78, 5) is 19.8. The molecule has 1 aliphatic rings. The van der Waals surface area contributed by atoms with Crippen molar-refractivity contribution in [3.63, 3.8) is 0 Å². The second-order valence-corrected chi connectivity index (χ2v) is 7.84. The second-order valence-electron chi connectivity index (χ2n) is 6.92. The Kier molecular flexibility index (Phi) is 5.27. The van der Waals surface area contributed by atoms with Crippen molar-refractivity contribution in [3.8, 4) is 0 Å². The van der Waals surface area contributed by atoms with E-state index in [1.54, 1.807) is 6.07 Å². The molecule has 1 N–H and O–H groups in total. The number of imidazole rings is 1. The third-order valence-corrected chi connectivity index (χ3v) is 5.55. The van der Waals surface area contributed by atoms with E-state index in [4.69, 9.17) is 4.98 Å². The fraction of sp³-hybridized carbons (Fsp3) is 0.333. The average molecular weight is 427 g/mol. The molecule has 3 aromatic rings. The van der Waals surface area contributed by atoms with Crippen LogP contribution < -0.4 is 5.32 Å². The minimum Gasteiger partial charge on any atom is -0.327 e. The van der Waals surface area contributed by atoms with Crippen molar-refractivity contribution < 1.29 is 4.79 Å². The highest BCUT2D eigenvalue weighted by Gasteiger charge is 2.17. The zero-order chi connectivity index (χ0) is 18.8. The number of fused-ring (bicyclic) bond motifs is 1. The van der Waals surface area contributed by atoms with Gasteiger partial charge in [0.25, 0.3) is 5.91 Å². The number of carbonyl (C=O) groups excluding carboxylic acids is 1. The maximum atomic E-state index is 12.5. The highest BCUT2D eigenvalue weighted by Crippen LogP contribution is 2.23. The number of aromatic nitrogens is 2. The Morgan fingerprint density at radius 2 is 2.00 bits per heavy atom. The summed E-state index contributed by atoms with van der Waals surface area (Å²) in [5.74, 6) is 0.979. The Balaban J connectivity index is 1.59. The van der Waals surface area contributed by atoms with Gasteiger partial charge in [-0.2, -0.15) is 0 Å². The zero-order valence-electron chi connectivity index (χ0n) is 15.4. The van der Waals surface area contributed by atoms with Gasteiger partial charge in [-0.25, -0.2) is 4.98 Å². The summed E-state index contributed by atoms with van der Waals surface area (Å²) < 4.78 is 3.16. The second kappa shape index (κ2) is 7.82. The number of likely N-dealkylation sites (tertiary alicyclic amines) is 1. The van der Waals surface area contributed by atoms with Gasteiger partial charge >= 0.3 is 0 Å². The van der Waals surface area contributed by atoms with Crippen molar-refractivity contribution in [2.45, 2.75) is 32.9 Å². The first-order valence-electron chi connectivity index (χ1n) is 9.42. The molecule has 0 saturated carbocycles. The minimum atomic E-state index is -0.122. The van der Waals surface area contributed by atoms with E-state index in [0.717, 1.165) is 53.2 Å². The summed E-state index contributed by atoms with van der Waals surface area (Å²) >= 11 is 3.41. The first-order valence-corrected chi connectivity index (χ1v) is 10.2. The first-order chi connectivity index (χ1) is 13.1. The van der Waals surface area contributed by atoms with E-state index in [1.807, 2.05) is 30.3 Å². The van der Waals surface area contributed by atoms with Crippen LogP contribution in [0.3, 0.4) is 0 Å². The Labute approximate surface area is 167 Å². The number of amides is 1. The molecule has 27 heavy (non-hydrogen) atoms. The topological polar surface area (TPSA) is 50.2 Å². The predicted molar refractivity (Wildman–Crippen MR) is 112 cm³/mol. The molecule has 140 valence electrons. The Hall–Kier alpha value is -2.18. The lowest BCUT2D eigenvalue weighted by atomic mass is 10.2. The smallest absolute Gasteiger partial charge is 0.255 e. The molecule has 1 aromatic heterocycles. The molecule has 0 atom stereocenters. The maximum absolute atomic E-state index is 12.5. The van der Waals surface area contributed by atoms with Crippen LogP contribution in [0, 0.1) is 0 Å². The van der Waals surface area contributed by atoms with Gasteiger partial charge in [-0.05, 0) is 69.3 Å². The molecule has 4 rings (SSSR count). The van der Waals surface area contributed by atoms with Crippen LogP contribution in [0.15, 0.2) is 46.9 Å². The lowest BCUT2D eigenvalue weighted by molar-refractivity contribution is 0.102. The summed E-state index contributed by atoms with van der Waals surface area (Å²) in [5.41, 5.74) is 3.43. The van der Waals surface area contributed by atoms with E-state index in [9.17, 15) is 4.79 Å². The zero-order valence-corrected chi connectivity index (χ0v) is 17.0. The van der Waals surface area contributed by atoms with Gasteiger partial charge in [0.15, 0.2) is 0 Å². The van der Waals surface area contributed by atoms with Gasteiger partial charge in [0.2, 0.25) is 0 Å². The van der Waals surface area contributed by atoms with Gasteiger partial charge in [0.05, 0.1) is 17.6 Å². The number of aryl methyl sites for hydroxylation is 1. The number of carbonyl (C=O) groups is 1. The molecule has 1 saturated heterocycles. The van der Waals surface area contributed by atoms with Crippen molar-refractivity contribution in [3.05, 3.63) is 58.3 Å². The SMILES string of the molecule is CCn1c(CN2CCCC2)nc2cc(NC(=O)c3cccc(Br)c3)ccc21. The number of halogens is 1. The number of rotatable bonds is 5. The van der Waals surface area contributed by atoms with E-state index in [1.165, 1.54) is 12.8 Å². The van der Waals surface area contributed by atoms with E-state index >= 15 is 0 Å². The molecular weight excluding hydrogens is 404 g/mol. The van der Waals surface area contributed by atoms with Gasteiger partial charge in [-0.15, -0.1) is 0 Å². The van der Waals surface area contributed by atoms with Crippen LogP contribution in [-0.2, 0) is 13.1 Å². The van der Waals surface area contributed by atoms with Crippen LogP contribution in [0.4, 0.5) is 5.69 Å². The maximum Gasteiger partial charge on any atom is 0.255 e. The quantitative estimate of drug-likeness (QED) is 0.644. The van der Waals surface area contributed by atoms with Gasteiger partial charge < -0.3 is 9.88 Å². The Bertz CT molecular complexity index is 975. The Morgan fingerprint density at radius 3 is 2.74 bits per heavy atom. The van der Waals surface area contributed by atoms with Crippen LogP contribution in [0.2, 0.25) is 0 Å². The van der Waals surface area contributed by atoms with Gasteiger partial charge in [-0.3, -0.25) is 9.69 Å². The molecule has 0 aliphatic carbocycles. The third-order valence-electron chi connectivity index (χ3n) is 5.05. The number of hydrogen-bond acceptors (Lipinski definition) is 3. The van der Waals surface area contributed by atoms with E-state index in [0.29, 0.717) is 5.56 Å². The van der Waals surface area contributed by atoms with Crippen LogP contribution in [-0.4, -0.2) is 33.4 Å². The largest absolute Gasteiger partial charge is 0.327 e. The third kappa shape index (κ3) is 3.92. The molecule has 2 heterocycles. The van der Waals surface area contributed by atoms with Crippen molar-refractivity contribution in [2.24, 2.45) is 0 Å². The number of hydrogen-bond donors (Lipinski definition) is 1. The molecule has 0 unspecified atom stereocenters. The van der Waals surface area contributed by atoms with Crippen LogP contribution in [0.1, 0.15) is 35.9 Å². The van der Waals surface area contributed by atoms with Crippen LogP contribution in [0.5, 0.6) is 0 Å².